The molecule has 0 aromatic rings. The Kier molecular flexibility index (Phi) is 22.8. The van der Waals surface area contributed by atoms with Gasteiger partial charge in [-0.2, -0.15) is 11.8 Å². The maximum atomic E-state index is 6.45. The van der Waals surface area contributed by atoms with Gasteiger partial charge in [0.25, 0.3) is 0 Å². The number of ether oxygens (including phenoxy) is 1. The van der Waals surface area contributed by atoms with Crippen LogP contribution in [0.5, 0.6) is 0 Å². The van der Waals surface area contributed by atoms with Crippen molar-refractivity contribution in [2.75, 3.05) is 31.3 Å². The van der Waals surface area contributed by atoms with Crippen molar-refractivity contribution in [1.29, 1.82) is 0 Å². The number of thioether (sulfide) groups is 1. The topological polar surface area (TPSA) is 12.5 Å². The van der Waals surface area contributed by atoms with Crippen LogP contribution in [0.25, 0.3) is 0 Å². The molecule has 0 amide bonds. The molecule has 1 unspecified atom stereocenters. The van der Waals surface area contributed by atoms with Crippen LogP contribution in [0.3, 0.4) is 0 Å². The third-order valence-corrected chi connectivity index (χ3v) is 6.41. The quantitative estimate of drug-likeness (QED) is 0.135. The summed E-state index contributed by atoms with van der Waals surface area (Å²) >= 11 is 2.12. The third kappa shape index (κ3) is 19.4. The smallest absolute Gasteiger partial charge is 0.0994 e. The second-order valence-corrected chi connectivity index (χ2v) is 9.23. The lowest BCUT2D eigenvalue weighted by Gasteiger charge is -2.26. The molecule has 0 aromatic carbocycles. The van der Waals surface area contributed by atoms with Gasteiger partial charge in [-0.1, -0.05) is 91.9 Å². The highest BCUT2D eigenvalue weighted by molar-refractivity contribution is 7.99. The maximum Gasteiger partial charge on any atom is 0.0994 e. The van der Waals surface area contributed by atoms with Crippen molar-refractivity contribution in [3.8, 4) is 0 Å². The Morgan fingerprint density at radius 2 is 1.22 bits per heavy atom. The van der Waals surface area contributed by atoms with E-state index in [4.69, 9.17) is 4.74 Å². The minimum Gasteiger partial charge on any atom is -0.362 e. The molecule has 0 aliphatic heterocycles. The van der Waals surface area contributed by atoms with Gasteiger partial charge >= 0.3 is 0 Å². The molecule has 0 saturated carbocycles. The van der Waals surface area contributed by atoms with E-state index in [1.165, 1.54) is 114 Å². The average molecular weight is 402 g/mol. The number of rotatable bonds is 22. The fourth-order valence-corrected chi connectivity index (χ4v) is 4.41. The van der Waals surface area contributed by atoms with Gasteiger partial charge in [0.1, 0.15) is 0 Å². The van der Waals surface area contributed by atoms with Crippen molar-refractivity contribution in [2.24, 2.45) is 0 Å². The van der Waals surface area contributed by atoms with Crippen molar-refractivity contribution < 1.29 is 4.74 Å². The van der Waals surface area contributed by atoms with Crippen LogP contribution in [0.4, 0.5) is 0 Å². The average Bonchev–Trinajstić information content (AvgIpc) is 2.68. The normalized spacial score (nSPS) is 12.8. The molecular formula is C24H51NOS. The summed E-state index contributed by atoms with van der Waals surface area (Å²) < 4.78 is 6.45. The van der Waals surface area contributed by atoms with Crippen LogP contribution in [-0.4, -0.2) is 42.3 Å². The zero-order chi connectivity index (χ0) is 20.0. The van der Waals surface area contributed by atoms with Crippen LogP contribution in [0.15, 0.2) is 0 Å². The Morgan fingerprint density at radius 3 is 1.81 bits per heavy atom. The van der Waals surface area contributed by atoms with Gasteiger partial charge in [-0.15, -0.1) is 0 Å². The molecule has 27 heavy (non-hydrogen) atoms. The van der Waals surface area contributed by atoms with Gasteiger partial charge in [-0.25, -0.2) is 0 Å². The molecule has 164 valence electrons. The minimum absolute atomic E-state index is 0.451. The molecule has 0 aromatic heterocycles. The zero-order valence-corrected chi connectivity index (χ0v) is 20.1. The van der Waals surface area contributed by atoms with Crippen molar-refractivity contribution >= 4 is 11.8 Å². The van der Waals surface area contributed by atoms with Gasteiger partial charge in [0.15, 0.2) is 0 Å². The van der Waals surface area contributed by atoms with Gasteiger partial charge in [-0.05, 0) is 31.4 Å². The summed E-state index contributed by atoms with van der Waals surface area (Å²) in [7, 11) is 0. The molecule has 0 bridgehead atoms. The van der Waals surface area contributed by atoms with Gasteiger partial charge in [0.2, 0.25) is 0 Å². The second kappa shape index (κ2) is 22.6. The summed E-state index contributed by atoms with van der Waals surface area (Å²) in [6.07, 6.45) is 19.1. The number of unbranched alkanes of at least 4 members (excludes halogenated alkanes) is 9. The van der Waals surface area contributed by atoms with E-state index in [1.54, 1.807) is 0 Å². The van der Waals surface area contributed by atoms with Crippen molar-refractivity contribution in [3.63, 3.8) is 0 Å². The Balaban J connectivity index is 4.23. The van der Waals surface area contributed by atoms with Gasteiger partial charge in [0, 0.05) is 18.8 Å². The lowest BCUT2D eigenvalue weighted by molar-refractivity contribution is -0.0176. The fourth-order valence-electron chi connectivity index (χ4n) is 3.31. The van der Waals surface area contributed by atoms with E-state index in [9.17, 15) is 0 Å². The molecule has 1 atom stereocenters. The Hall–Kier alpha value is 0.270. The van der Waals surface area contributed by atoms with Gasteiger partial charge in [0.05, 0.1) is 12.8 Å². The third-order valence-electron chi connectivity index (χ3n) is 5.22. The van der Waals surface area contributed by atoms with E-state index in [-0.39, 0.29) is 0 Å². The standard InChI is InChI=1S/C24H51NOS/c1-5-9-13-17-21-27-22-24(18-14-10-6-2)26-23-25(19-15-11-7-3)20-16-12-8-4/h24H,5-23H2,1-4H3. The van der Waals surface area contributed by atoms with Crippen LogP contribution < -0.4 is 0 Å². The maximum absolute atomic E-state index is 6.45. The summed E-state index contributed by atoms with van der Waals surface area (Å²) in [6, 6.07) is 0. The SMILES string of the molecule is CCCCCCSCC(CCCCC)OCN(CCCCC)CCCCC. The molecule has 0 rings (SSSR count). The van der Waals surface area contributed by atoms with E-state index in [1.807, 2.05) is 0 Å². The first-order chi connectivity index (χ1) is 13.3. The summed E-state index contributed by atoms with van der Waals surface area (Å²) in [5, 5.41) is 0. The lowest BCUT2D eigenvalue weighted by Crippen LogP contribution is -2.32. The molecule has 2 nitrogen and oxygen atoms in total. The molecule has 0 radical (unpaired) electrons. The van der Waals surface area contributed by atoms with E-state index in [2.05, 4.69) is 44.4 Å². The molecule has 0 saturated heterocycles. The summed E-state index contributed by atoms with van der Waals surface area (Å²) in [5.74, 6) is 2.50. The van der Waals surface area contributed by atoms with Crippen LogP contribution in [0.1, 0.15) is 118 Å². The van der Waals surface area contributed by atoms with E-state index >= 15 is 0 Å². The predicted octanol–water partition coefficient (Wildman–Crippen LogP) is 7.91. The zero-order valence-electron chi connectivity index (χ0n) is 19.3. The fraction of sp³-hybridized carbons (Fsp3) is 1.00. The first kappa shape index (κ1) is 27.3. The summed E-state index contributed by atoms with van der Waals surface area (Å²) in [5.41, 5.74) is 0. The Bertz CT molecular complexity index is 265. The summed E-state index contributed by atoms with van der Waals surface area (Å²) in [6.45, 7) is 12.4. The molecule has 3 heteroatoms. The Labute approximate surface area is 176 Å². The molecule has 0 aliphatic rings. The monoisotopic (exact) mass is 401 g/mol. The predicted molar refractivity (Wildman–Crippen MR) is 126 cm³/mol. The highest BCUT2D eigenvalue weighted by Gasteiger charge is 2.12. The highest BCUT2D eigenvalue weighted by atomic mass is 32.2. The molecule has 0 spiro atoms. The van der Waals surface area contributed by atoms with Crippen molar-refractivity contribution in [2.45, 2.75) is 124 Å². The molecular weight excluding hydrogens is 350 g/mol. The molecule has 0 aliphatic carbocycles. The number of nitrogens with zero attached hydrogens (tertiary/aromatic N) is 1. The molecule has 0 fully saturated rings. The van der Waals surface area contributed by atoms with Crippen LogP contribution in [-0.2, 0) is 4.74 Å². The van der Waals surface area contributed by atoms with Gasteiger partial charge < -0.3 is 4.74 Å². The lowest BCUT2D eigenvalue weighted by atomic mass is 10.1. The number of hydrogen-bond donors (Lipinski definition) is 0. The van der Waals surface area contributed by atoms with E-state index in [0.29, 0.717) is 6.10 Å². The molecule has 0 heterocycles. The first-order valence-corrected chi connectivity index (χ1v) is 13.4. The van der Waals surface area contributed by atoms with Crippen LogP contribution in [0.2, 0.25) is 0 Å². The molecule has 0 N–H and O–H groups in total. The largest absolute Gasteiger partial charge is 0.362 e. The second-order valence-electron chi connectivity index (χ2n) is 8.08. The van der Waals surface area contributed by atoms with Crippen molar-refractivity contribution in [3.05, 3.63) is 0 Å². The van der Waals surface area contributed by atoms with Gasteiger partial charge in [-0.3, -0.25) is 4.90 Å². The summed E-state index contributed by atoms with van der Waals surface area (Å²) in [4.78, 5) is 2.57. The van der Waals surface area contributed by atoms with E-state index < -0.39 is 0 Å². The minimum atomic E-state index is 0.451. The van der Waals surface area contributed by atoms with Crippen LogP contribution in [0, 0.1) is 0 Å². The Morgan fingerprint density at radius 1 is 0.667 bits per heavy atom. The van der Waals surface area contributed by atoms with Crippen LogP contribution >= 0.6 is 11.8 Å². The first-order valence-electron chi connectivity index (χ1n) is 12.2. The van der Waals surface area contributed by atoms with Crippen molar-refractivity contribution in [1.82, 2.24) is 4.90 Å². The highest BCUT2D eigenvalue weighted by Crippen LogP contribution is 2.16. The van der Waals surface area contributed by atoms with E-state index in [0.717, 1.165) is 6.73 Å². The number of hydrogen-bond acceptors (Lipinski definition) is 3.